The van der Waals surface area contributed by atoms with Crippen LogP contribution in [0.15, 0.2) is 18.5 Å². The van der Waals surface area contributed by atoms with Crippen LogP contribution in [-0.4, -0.2) is 18.2 Å². The molecule has 1 aromatic heterocycles. The number of hydrogen-bond acceptors (Lipinski definition) is 2. The zero-order valence-corrected chi connectivity index (χ0v) is 5.88. The molecule has 0 aliphatic heterocycles. The van der Waals surface area contributed by atoms with Crippen molar-refractivity contribution in [3.8, 4) is 0 Å². The highest BCUT2D eigenvalue weighted by Crippen LogP contribution is 2.09. The first-order valence-corrected chi connectivity index (χ1v) is 3.14. The molecular formula is C6H4BF3NO-. The average Bonchev–Trinajstić information content (AvgIpc) is 2.03. The maximum atomic E-state index is 12.1. The highest BCUT2D eigenvalue weighted by molar-refractivity contribution is 6.74. The minimum absolute atomic E-state index is 0.173. The van der Waals surface area contributed by atoms with Crippen LogP contribution in [0.25, 0.3) is 0 Å². The Kier molecular flexibility index (Phi) is 2.17. The SMILES string of the molecule is O=Cc1ccncc1[B-](F)(F)F. The van der Waals surface area contributed by atoms with Crippen molar-refractivity contribution in [3.63, 3.8) is 0 Å². The Hall–Kier alpha value is -1.33. The third-order valence-corrected chi connectivity index (χ3v) is 1.37. The van der Waals surface area contributed by atoms with Gasteiger partial charge in [0.25, 0.3) is 0 Å². The highest BCUT2D eigenvalue weighted by atomic mass is 19.4. The first-order valence-electron chi connectivity index (χ1n) is 3.14. The minimum atomic E-state index is -5.13. The van der Waals surface area contributed by atoms with Crippen LogP contribution in [0, 0.1) is 0 Å². The number of rotatable bonds is 2. The molecular weight excluding hydrogens is 170 g/mol. The Bertz CT molecular complexity index is 299. The van der Waals surface area contributed by atoms with Crippen molar-refractivity contribution in [2.75, 3.05) is 0 Å². The van der Waals surface area contributed by atoms with Crippen molar-refractivity contribution < 1.29 is 17.7 Å². The first kappa shape index (κ1) is 8.77. The van der Waals surface area contributed by atoms with Gasteiger partial charge >= 0.3 is 6.98 Å². The molecule has 0 saturated heterocycles. The summed E-state index contributed by atoms with van der Waals surface area (Å²) in [6, 6.07) is 1.04. The van der Waals surface area contributed by atoms with E-state index >= 15 is 0 Å². The van der Waals surface area contributed by atoms with Crippen LogP contribution in [0.1, 0.15) is 10.4 Å². The van der Waals surface area contributed by atoms with E-state index in [0.717, 1.165) is 12.3 Å². The summed E-state index contributed by atoms with van der Waals surface area (Å²) < 4.78 is 36.3. The molecule has 0 aliphatic carbocycles. The van der Waals surface area contributed by atoms with Crippen LogP contribution in [-0.2, 0) is 0 Å². The maximum Gasteiger partial charge on any atom is 0.511 e. The number of carbonyl (C=O) groups excluding carboxylic acids is 1. The Morgan fingerprint density at radius 1 is 1.42 bits per heavy atom. The molecule has 0 aromatic carbocycles. The number of nitrogens with zero attached hydrogens (tertiary/aromatic N) is 1. The second-order valence-corrected chi connectivity index (χ2v) is 2.20. The summed E-state index contributed by atoms with van der Waals surface area (Å²) in [5.41, 5.74) is -1.30. The van der Waals surface area contributed by atoms with E-state index in [2.05, 4.69) is 4.98 Å². The van der Waals surface area contributed by atoms with E-state index in [-0.39, 0.29) is 11.8 Å². The molecule has 6 heteroatoms. The highest BCUT2D eigenvalue weighted by Gasteiger charge is 2.28. The summed E-state index contributed by atoms with van der Waals surface area (Å²) in [6.07, 6.45) is 1.98. The van der Waals surface area contributed by atoms with Crippen LogP contribution >= 0.6 is 0 Å². The summed E-state index contributed by atoms with van der Waals surface area (Å²) in [5, 5.41) is 0. The van der Waals surface area contributed by atoms with Gasteiger partial charge in [-0.2, -0.15) is 0 Å². The molecule has 0 atom stereocenters. The van der Waals surface area contributed by atoms with Gasteiger partial charge in [-0.3, -0.25) is 9.78 Å². The second-order valence-electron chi connectivity index (χ2n) is 2.20. The molecule has 0 N–H and O–H groups in total. The summed E-state index contributed by atoms with van der Waals surface area (Å²) >= 11 is 0. The van der Waals surface area contributed by atoms with Gasteiger partial charge in [-0.15, -0.1) is 0 Å². The molecule has 0 radical (unpaired) electrons. The van der Waals surface area contributed by atoms with Crippen molar-refractivity contribution in [2.45, 2.75) is 0 Å². The standard InChI is InChI=1S/C6H4BF3NO/c8-7(9,10)6-3-11-2-1-5(6)4-12/h1-4H/q-1. The average molecular weight is 174 g/mol. The molecule has 0 aliphatic rings. The van der Waals surface area contributed by atoms with E-state index in [1.807, 2.05) is 0 Å². The monoisotopic (exact) mass is 174 g/mol. The molecule has 0 saturated carbocycles. The van der Waals surface area contributed by atoms with Gasteiger partial charge in [-0.05, 0) is 11.6 Å². The fourth-order valence-electron chi connectivity index (χ4n) is 0.798. The van der Waals surface area contributed by atoms with Crippen molar-refractivity contribution in [3.05, 3.63) is 24.0 Å². The largest absolute Gasteiger partial charge is 0.511 e. The first-order chi connectivity index (χ1) is 5.55. The smallest absolute Gasteiger partial charge is 0.445 e. The minimum Gasteiger partial charge on any atom is -0.445 e. The number of hydrogen-bond donors (Lipinski definition) is 0. The lowest BCUT2D eigenvalue weighted by atomic mass is 9.78. The van der Waals surface area contributed by atoms with Gasteiger partial charge in [-0.1, -0.05) is 5.46 Å². The Morgan fingerprint density at radius 3 is 2.50 bits per heavy atom. The lowest BCUT2D eigenvalue weighted by molar-refractivity contribution is 0.112. The third kappa shape index (κ3) is 1.64. The molecule has 0 spiro atoms. The lowest BCUT2D eigenvalue weighted by Crippen LogP contribution is -2.37. The number of aromatic nitrogens is 1. The fourth-order valence-corrected chi connectivity index (χ4v) is 0.798. The predicted octanol–water partition coefficient (Wildman–Crippen LogP) is 0.949. The van der Waals surface area contributed by atoms with E-state index in [4.69, 9.17) is 0 Å². The van der Waals surface area contributed by atoms with Crippen LogP contribution in [0.2, 0.25) is 0 Å². The number of aldehydes is 1. The summed E-state index contributed by atoms with van der Waals surface area (Å²) in [6.45, 7) is -5.13. The molecule has 0 unspecified atom stereocenters. The molecule has 1 heterocycles. The zero-order chi connectivity index (χ0) is 9.19. The van der Waals surface area contributed by atoms with Gasteiger partial charge in [0, 0.05) is 12.4 Å². The molecule has 1 aromatic rings. The molecule has 64 valence electrons. The topological polar surface area (TPSA) is 30.0 Å². The lowest BCUT2D eigenvalue weighted by Gasteiger charge is -2.15. The van der Waals surface area contributed by atoms with Crippen LogP contribution in [0.3, 0.4) is 0 Å². The zero-order valence-electron chi connectivity index (χ0n) is 5.88. The van der Waals surface area contributed by atoms with E-state index in [0.29, 0.717) is 6.20 Å². The van der Waals surface area contributed by atoms with E-state index < -0.39 is 12.4 Å². The quantitative estimate of drug-likeness (QED) is 0.493. The Labute approximate surface area is 66.5 Å². The van der Waals surface area contributed by atoms with Crippen LogP contribution in [0.5, 0.6) is 0 Å². The van der Waals surface area contributed by atoms with E-state index in [9.17, 15) is 17.7 Å². The molecule has 2 nitrogen and oxygen atoms in total. The van der Waals surface area contributed by atoms with Gasteiger partial charge in [0.05, 0.1) is 0 Å². The predicted molar refractivity (Wildman–Crippen MR) is 38.3 cm³/mol. The molecule has 12 heavy (non-hydrogen) atoms. The summed E-state index contributed by atoms with van der Waals surface area (Å²) in [7, 11) is 0. The van der Waals surface area contributed by atoms with Gasteiger partial charge in [0.15, 0.2) is 0 Å². The fraction of sp³-hybridized carbons (Fsp3) is 0. The summed E-state index contributed by atoms with van der Waals surface area (Å²) in [4.78, 5) is 13.5. The Balaban J connectivity index is 3.23. The van der Waals surface area contributed by atoms with E-state index in [1.54, 1.807) is 0 Å². The Morgan fingerprint density at radius 2 is 2.08 bits per heavy atom. The molecule has 0 bridgehead atoms. The molecule has 1 rings (SSSR count). The normalized spacial score (nSPS) is 11.2. The van der Waals surface area contributed by atoms with Crippen LogP contribution < -0.4 is 5.46 Å². The molecule has 0 amide bonds. The van der Waals surface area contributed by atoms with Crippen molar-refractivity contribution in [1.82, 2.24) is 4.98 Å². The van der Waals surface area contributed by atoms with Gasteiger partial charge in [-0.25, -0.2) is 0 Å². The number of pyridine rings is 1. The summed E-state index contributed by atoms with van der Waals surface area (Å²) in [5.74, 6) is 0. The number of carbonyl (C=O) groups is 1. The third-order valence-electron chi connectivity index (χ3n) is 1.37. The molecule has 0 fully saturated rings. The van der Waals surface area contributed by atoms with E-state index in [1.165, 1.54) is 0 Å². The van der Waals surface area contributed by atoms with Gasteiger partial charge < -0.3 is 12.9 Å². The maximum absolute atomic E-state index is 12.1. The van der Waals surface area contributed by atoms with Gasteiger partial charge in [0.1, 0.15) is 6.29 Å². The van der Waals surface area contributed by atoms with Crippen molar-refractivity contribution >= 4 is 18.7 Å². The van der Waals surface area contributed by atoms with Crippen LogP contribution in [0.4, 0.5) is 12.9 Å². The van der Waals surface area contributed by atoms with Crippen molar-refractivity contribution in [1.29, 1.82) is 0 Å². The van der Waals surface area contributed by atoms with Crippen molar-refractivity contribution in [2.24, 2.45) is 0 Å². The van der Waals surface area contributed by atoms with Gasteiger partial charge in [0.2, 0.25) is 0 Å². The number of halogens is 3. The second kappa shape index (κ2) is 2.96.